The molecule has 0 bridgehead atoms. The normalized spacial score (nSPS) is 19.5. The Kier molecular flexibility index (Phi) is 9.15. The van der Waals surface area contributed by atoms with Crippen LogP contribution in [0, 0.1) is 16.0 Å². The monoisotopic (exact) mass is 535 g/mol. The molecule has 11 nitrogen and oxygen atoms in total. The smallest absolute Gasteiger partial charge is 0.356 e. The Labute approximate surface area is 215 Å². The number of nitro benzene ring substituents is 1. The van der Waals surface area contributed by atoms with E-state index in [9.17, 15) is 29.3 Å². The molecule has 3 atom stereocenters. The first-order valence-corrected chi connectivity index (χ1v) is 12.8. The van der Waals surface area contributed by atoms with Crippen LogP contribution in [0.25, 0.3) is 0 Å². The molecule has 0 saturated carbocycles. The highest BCUT2D eigenvalue weighted by atomic mass is 32.2. The number of thioether (sulfide) groups is 2. The molecule has 192 valence electrons. The highest BCUT2D eigenvalue weighted by molar-refractivity contribution is 8.05. The standard InChI is InChI=1S/C23H25N3O8S2/c1-13(36-12-19(28)33-3)20-17-10-18(35-9-8-24-14(2)27)21(25(17)22(20)29)23(30)34-11-15-4-6-16(7-5-15)26(31)32/h4-9,13,17,20H,10-12H2,1-3H3,(H,24,27)/t13?,17-,20-/m1/s1. The molecule has 3 rings (SSSR count). The number of hydrogen-bond donors (Lipinski definition) is 1. The topological polar surface area (TPSA) is 145 Å². The fourth-order valence-corrected chi connectivity index (χ4v) is 5.76. The van der Waals surface area contributed by atoms with Crippen LogP contribution in [-0.4, -0.2) is 57.7 Å². The van der Waals surface area contributed by atoms with Crippen molar-refractivity contribution in [2.45, 2.75) is 38.2 Å². The van der Waals surface area contributed by atoms with Crippen molar-refractivity contribution in [2.24, 2.45) is 5.92 Å². The number of amides is 2. The molecule has 2 amide bonds. The van der Waals surface area contributed by atoms with Gasteiger partial charge in [0, 0.05) is 41.8 Å². The highest BCUT2D eigenvalue weighted by Crippen LogP contribution is 2.49. The second kappa shape index (κ2) is 12.1. The number of β-lactam (4-membered cyclic amide) rings is 1. The van der Waals surface area contributed by atoms with Crippen molar-refractivity contribution in [2.75, 3.05) is 12.9 Å². The van der Waals surface area contributed by atoms with Gasteiger partial charge in [0.2, 0.25) is 11.8 Å². The van der Waals surface area contributed by atoms with E-state index in [4.69, 9.17) is 4.74 Å². The van der Waals surface area contributed by atoms with Gasteiger partial charge in [0.05, 0.1) is 29.7 Å². The third kappa shape index (κ3) is 6.26. The minimum atomic E-state index is -0.687. The Morgan fingerprint density at radius 3 is 2.61 bits per heavy atom. The average Bonchev–Trinajstić information content (AvgIpc) is 3.18. The lowest BCUT2D eigenvalue weighted by atomic mass is 9.85. The lowest BCUT2D eigenvalue weighted by molar-refractivity contribution is -0.384. The largest absolute Gasteiger partial charge is 0.468 e. The Hall–Kier alpha value is -3.32. The molecular weight excluding hydrogens is 510 g/mol. The molecule has 1 aromatic carbocycles. The zero-order valence-corrected chi connectivity index (χ0v) is 21.4. The zero-order valence-electron chi connectivity index (χ0n) is 19.8. The van der Waals surface area contributed by atoms with Crippen molar-refractivity contribution in [3.8, 4) is 0 Å². The number of carbonyl (C=O) groups excluding carboxylic acids is 4. The predicted molar refractivity (Wildman–Crippen MR) is 133 cm³/mol. The Balaban J connectivity index is 1.73. The van der Waals surface area contributed by atoms with Gasteiger partial charge in [-0.3, -0.25) is 24.5 Å². The van der Waals surface area contributed by atoms with Gasteiger partial charge in [-0.1, -0.05) is 18.7 Å². The number of esters is 2. The zero-order chi connectivity index (χ0) is 26.4. The second-order valence-corrected chi connectivity index (χ2v) is 10.4. The first-order chi connectivity index (χ1) is 17.1. The minimum Gasteiger partial charge on any atom is -0.468 e. The molecule has 1 N–H and O–H groups in total. The van der Waals surface area contributed by atoms with E-state index in [1.54, 1.807) is 5.41 Å². The molecule has 2 aliphatic rings. The molecule has 0 aromatic heterocycles. The van der Waals surface area contributed by atoms with E-state index < -0.39 is 10.9 Å². The van der Waals surface area contributed by atoms with E-state index in [-0.39, 0.29) is 58.7 Å². The van der Waals surface area contributed by atoms with Crippen LogP contribution in [0.2, 0.25) is 0 Å². The molecule has 0 aliphatic carbocycles. The maximum absolute atomic E-state index is 13.1. The summed E-state index contributed by atoms with van der Waals surface area (Å²) in [6.07, 6.45) is 1.88. The second-order valence-electron chi connectivity index (χ2n) is 7.99. The number of carbonyl (C=O) groups is 4. The number of rotatable bonds is 11. The van der Waals surface area contributed by atoms with E-state index in [0.29, 0.717) is 16.9 Å². The molecule has 1 fully saturated rings. The molecule has 0 radical (unpaired) electrons. The van der Waals surface area contributed by atoms with Gasteiger partial charge >= 0.3 is 11.9 Å². The Morgan fingerprint density at radius 2 is 2.00 bits per heavy atom. The van der Waals surface area contributed by atoms with E-state index in [2.05, 4.69) is 10.1 Å². The molecular formula is C23H25N3O8S2. The number of ether oxygens (including phenoxy) is 2. The van der Waals surface area contributed by atoms with E-state index >= 15 is 0 Å². The van der Waals surface area contributed by atoms with Crippen molar-refractivity contribution in [1.82, 2.24) is 10.2 Å². The number of hydrogen-bond acceptors (Lipinski definition) is 10. The van der Waals surface area contributed by atoms with E-state index in [1.807, 2.05) is 6.92 Å². The van der Waals surface area contributed by atoms with Gasteiger partial charge in [-0.05, 0) is 23.1 Å². The number of nitrogens with one attached hydrogen (secondary N) is 1. The van der Waals surface area contributed by atoms with Crippen molar-refractivity contribution in [3.63, 3.8) is 0 Å². The number of nitro groups is 1. The maximum Gasteiger partial charge on any atom is 0.356 e. The number of benzene rings is 1. The number of methoxy groups -OCH3 is 1. The quantitative estimate of drug-likeness (QED) is 0.194. The van der Waals surface area contributed by atoms with Gasteiger partial charge in [-0.15, -0.1) is 11.8 Å². The van der Waals surface area contributed by atoms with Crippen LogP contribution in [0.4, 0.5) is 5.69 Å². The number of fused-ring (bicyclic) bond motifs is 1. The summed E-state index contributed by atoms with van der Waals surface area (Å²) in [7, 11) is 1.30. The molecule has 0 spiro atoms. The molecule has 2 heterocycles. The summed E-state index contributed by atoms with van der Waals surface area (Å²) in [5, 5.41) is 14.8. The van der Waals surface area contributed by atoms with Crippen LogP contribution < -0.4 is 5.32 Å². The maximum atomic E-state index is 13.1. The first-order valence-electron chi connectivity index (χ1n) is 10.9. The van der Waals surface area contributed by atoms with Crippen LogP contribution in [0.3, 0.4) is 0 Å². The molecule has 2 aliphatic heterocycles. The van der Waals surface area contributed by atoms with Crippen LogP contribution in [-0.2, 0) is 35.3 Å². The number of non-ortho nitro benzene ring substituents is 1. The lowest BCUT2D eigenvalue weighted by Gasteiger charge is -2.45. The summed E-state index contributed by atoms with van der Waals surface area (Å²) in [6, 6.07) is 5.37. The van der Waals surface area contributed by atoms with Crippen molar-refractivity contribution < 1.29 is 33.6 Å². The Bertz CT molecular complexity index is 1120. The summed E-state index contributed by atoms with van der Waals surface area (Å²) < 4.78 is 10.1. The van der Waals surface area contributed by atoms with Crippen molar-refractivity contribution >= 4 is 53.0 Å². The van der Waals surface area contributed by atoms with Crippen LogP contribution in [0.5, 0.6) is 0 Å². The predicted octanol–water partition coefficient (Wildman–Crippen LogP) is 2.72. The van der Waals surface area contributed by atoms with Crippen molar-refractivity contribution in [1.29, 1.82) is 0 Å². The summed E-state index contributed by atoms with van der Waals surface area (Å²) in [5.41, 5.74) is 0.628. The molecule has 36 heavy (non-hydrogen) atoms. The summed E-state index contributed by atoms with van der Waals surface area (Å²) >= 11 is 2.53. The summed E-state index contributed by atoms with van der Waals surface area (Å²) in [5.74, 6) is -1.80. The molecule has 13 heteroatoms. The highest BCUT2D eigenvalue weighted by Gasteiger charge is 2.57. The van der Waals surface area contributed by atoms with Crippen LogP contribution >= 0.6 is 23.5 Å². The van der Waals surface area contributed by atoms with Crippen molar-refractivity contribution in [3.05, 3.63) is 62.2 Å². The Morgan fingerprint density at radius 1 is 1.31 bits per heavy atom. The fraction of sp³-hybridized carbons (Fsp3) is 0.391. The minimum absolute atomic E-state index is 0.0764. The summed E-state index contributed by atoms with van der Waals surface area (Å²) in [4.78, 5) is 61.1. The fourth-order valence-electron chi connectivity index (χ4n) is 3.87. The SMILES string of the molecule is COC(=O)CSC(C)[C@H]1C(=O)N2C(C(=O)OCc3ccc([N+](=O)[O-])cc3)=C(SC=CNC(C)=O)C[C@H]12. The molecule has 1 saturated heterocycles. The van der Waals surface area contributed by atoms with E-state index in [1.165, 1.54) is 72.9 Å². The molecule has 1 unspecified atom stereocenters. The van der Waals surface area contributed by atoms with Gasteiger partial charge in [0.25, 0.3) is 5.69 Å². The van der Waals surface area contributed by atoms with Crippen LogP contribution in [0.15, 0.2) is 46.5 Å². The van der Waals surface area contributed by atoms with Gasteiger partial charge in [-0.2, -0.15) is 0 Å². The average molecular weight is 536 g/mol. The molecule has 1 aromatic rings. The number of nitrogens with zero attached hydrogens (tertiary/aromatic N) is 2. The van der Waals surface area contributed by atoms with Crippen LogP contribution in [0.1, 0.15) is 25.8 Å². The third-order valence-corrected chi connectivity index (χ3v) is 7.78. The lowest BCUT2D eigenvalue weighted by Crippen LogP contribution is -2.61. The van der Waals surface area contributed by atoms with Gasteiger partial charge in [0.15, 0.2) is 0 Å². The first kappa shape index (κ1) is 27.3. The summed E-state index contributed by atoms with van der Waals surface area (Å²) in [6.45, 7) is 3.11. The third-order valence-electron chi connectivity index (χ3n) is 5.64. The van der Waals surface area contributed by atoms with Gasteiger partial charge in [-0.25, -0.2) is 4.79 Å². The van der Waals surface area contributed by atoms with Gasteiger partial charge < -0.3 is 19.7 Å². The van der Waals surface area contributed by atoms with Gasteiger partial charge in [0.1, 0.15) is 12.3 Å². The van der Waals surface area contributed by atoms with E-state index in [0.717, 1.165) is 0 Å².